The maximum atomic E-state index is 10.1. The Morgan fingerprint density at radius 2 is 2.29 bits per heavy atom. The van der Waals surface area contributed by atoms with E-state index in [1.807, 2.05) is 22.6 Å². The fraction of sp³-hybridized carbons (Fsp3) is 0.667. The van der Waals surface area contributed by atoms with Gasteiger partial charge < -0.3 is 5.73 Å². The molecule has 1 amide bonds. The molecule has 0 saturated heterocycles. The first-order valence-corrected chi connectivity index (χ1v) is 4.45. The first-order chi connectivity index (χ1) is 3.18. The van der Waals surface area contributed by atoms with Crippen LogP contribution in [-0.2, 0) is 4.79 Å². The SMILES string of the molecule is NC(=O)C(I)CI. The van der Waals surface area contributed by atoms with E-state index in [9.17, 15) is 4.79 Å². The van der Waals surface area contributed by atoms with Crippen LogP contribution >= 0.6 is 45.2 Å². The maximum Gasteiger partial charge on any atom is 0.231 e. The zero-order valence-electron chi connectivity index (χ0n) is 3.53. The Bertz CT molecular complexity index is 75.3. The van der Waals surface area contributed by atoms with Gasteiger partial charge in [-0.05, 0) is 0 Å². The molecule has 0 aromatic rings. The third-order valence-corrected chi connectivity index (χ3v) is 4.06. The Hall–Kier alpha value is 0.930. The number of carbonyl (C=O) groups excluding carboxylic acids is 1. The molecule has 0 saturated carbocycles. The smallest absolute Gasteiger partial charge is 0.231 e. The van der Waals surface area contributed by atoms with E-state index in [1.165, 1.54) is 0 Å². The van der Waals surface area contributed by atoms with Crippen LogP contribution in [0.1, 0.15) is 0 Å². The van der Waals surface area contributed by atoms with Gasteiger partial charge in [0.15, 0.2) is 0 Å². The molecule has 0 radical (unpaired) electrons. The predicted molar refractivity (Wildman–Crippen MR) is 45.9 cm³/mol. The third-order valence-electron chi connectivity index (χ3n) is 0.444. The molecule has 0 spiro atoms. The zero-order chi connectivity index (χ0) is 5.86. The number of primary amides is 1. The molecular weight excluding hydrogens is 320 g/mol. The summed E-state index contributed by atoms with van der Waals surface area (Å²) in [5.41, 5.74) is 4.90. The van der Waals surface area contributed by atoms with Gasteiger partial charge in [0.1, 0.15) is 0 Å². The van der Waals surface area contributed by atoms with Crippen LogP contribution in [0.4, 0.5) is 0 Å². The van der Waals surface area contributed by atoms with Crippen molar-refractivity contribution in [3.63, 3.8) is 0 Å². The number of rotatable bonds is 2. The molecule has 42 valence electrons. The van der Waals surface area contributed by atoms with Gasteiger partial charge in [-0.25, -0.2) is 0 Å². The van der Waals surface area contributed by atoms with Crippen LogP contribution in [0.25, 0.3) is 0 Å². The van der Waals surface area contributed by atoms with Gasteiger partial charge in [0, 0.05) is 4.43 Å². The summed E-state index contributed by atoms with van der Waals surface area (Å²) in [5.74, 6) is -0.227. The summed E-state index contributed by atoms with van der Waals surface area (Å²) in [6.45, 7) is 0. The molecule has 0 aromatic heterocycles. The second-order valence-electron chi connectivity index (χ2n) is 1.02. The summed E-state index contributed by atoms with van der Waals surface area (Å²) < 4.78 is 0.798. The van der Waals surface area contributed by atoms with E-state index in [2.05, 4.69) is 22.6 Å². The number of hydrogen-bond acceptors (Lipinski definition) is 1. The fourth-order valence-electron chi connectivity index (χ4n) is 0.0760. The largest absolute Gasteiger partial charge is 0.369 e. The Labute approximate surface area is 69.5 Å². The summed E-state index contributed by atoms with van der Waals surface area (Å²) in [5, 5.41) is 0. The van der Waals surface area contributed by atoms with E-state index in [4.69, 9.17) is 5.73 Å². The minimum atomic E-state index is -0.227. The molecule has 0 fully saturated rings. The summed E-state index contributed by atoms with van der Waals surface area (Å²) in [7, 11) is 0. The van der Waals surface area contributed by atoms with Crippen LogP contribution in [0, 0.1) is 0 Å². The summed E-state index contributed by atoms with van der Waals surface area (Å²) in [6.07, 6.45) is 0. The molecule has 0 aliphatic carbocycles. The van der Waals surface area contributed by atoms with E-state index in [0.717, 1.165) is 4.43 Å². The molecule has 1 unspecified atom stereocenters. The van der Waals surface area contributed by atoms with Gasteiger partial charge in [0.05, 0.1) is 3.92 Å². The lowest BCUT2D eigenvalue weighted by atomic mass is 10.5. The molecule has 0 aliphatic rings. The van der Waals surface area contributed by atoms with Crippen molar-refractivity contribution in [3.8, 4) is 0 Å². The van der Waals surface area contributed by atoms with Gasteiger partial charge in [-0.2, -0.15) is 0 Å². The van der Waals surface area contributed by atoms with Crippen LogP contribution in [-0.4, -0.2) is 14.3 Å². The molecule has 0 aliphatic heterocycles. The first-order valence-electron chi connectivity index (χ1n) is 1.68. The average molecular weight is 325 g/mol. The van der Waals surface area contributed by atoms with Crippen molar-refractivity contribution in [1.82, 2.24) is 0 Å². The molecule has 7 heavy (non-hydrogen) atoms. The second kappa shape index (κ2) is 3.88. The van der Waals surface area contributed by atoms with Crippen LogP contribution < -0.4 is 5.73 Å². The lowest BCUT2D eigenvalue weighted by Crippen LogP contribution is -2.23. The lowest BCUT2D eigenvalue weighted by molar-refractivity contribution is -0.116. The predicted octanol–water partition coefficient (Wildman–Crippen LogP) is 0.710. The quantitative estimate of drug-likeness (QED) is 0.590. The van der Waals surface area contributed by atoms with Crippen LogP contribution in [0.3, 0.4) is 0 Å². The molecule has 0 rings (SSSR count). The van der Waals surface area contributed by atoms with Gasteiger partial charge in [0.2, 0.25) is 5.91 Å². The topological polar surface area (TPSA) is 43.1 Å². The van der Waals surface area contributed by atoms with Crippen molar-refractivity contribution in [2.24, 2.45) is 5.73 Å². The highest BCUT2D eigenvalue weighted by Crippen LogP contribution is 2.02. The molecule has 4 heteroatoms. The van der Waals surface area contributed by atoms with Crippen molar-refractivity contribution in [3.05, 3.63) is 0 Å². The number of halogens is 2. The standard InChI is InChI=1S/C3H5I2NO/c4-1-2(5)3(6)7/h2H,1H2,(H2,6,7). The van der Waals surface area contributed by atoms with Crippen LogP contribution in [0.2, 0.25) is 0 Å². The lowest BCUT2D eigenvalue weighted by Gasteiger charge is -1.94. The van der Waals surface area contributed by atoms with Crippen LogP contribution in [0.5, 0.6) is 0 Å². The molecule has 2 nitrogen and oxygen atoms in total. The van der Waals surface area contributed by atoms with E-state index < -0.39 is 0 Å². The van der Waals surface area contributed by atoms with Gasteiger partial charge in [-0.1, -0.05) is 45.2 Å². The summed E-state index contributed by atoms with van der Waals surface area (Å²) >= 11 is 4.13. The Morgan fingerprint density at radius 1 is 1.86 bits per heavy atom. The highest BCUT2D eigenvalue weighted by atomic mass is 127. The van der Waals surface area contributed by atoms with Gasteiger partial charge >= 0.3 is 0 Å². The Morgan fingerprint density at radius 3 is 2.29 bits per heavy atom. The van der Waals surface area contributed by atoms with E-state index >= 15 is 0 Å². The number of amides is 1. The number of alkyl halides is 2. The Balaban J connectivity index is 3.34. The van der Waals surface area contributed by atoms with E-state index in [1.54, 1.807) is 0 Å². The number of nitrogens with two attached hydrogens (primary N) is 1. The first kappa shape index (κ1) is 7.93. The van der Waals surface area contributed by atoms with Crippen molar-refractivity contribution < 1.29 is 4.79 Å². The van der Waals surface area contributed by atoms with Gasteiger partial charge in [-0.15, -0.1) is 0 Å². The highest BCUT2D eigenvalue weighted by molar-refractivity contribution is 14.1. The minimum Gasteiger partial charge on any atom is -0.369 e. The molecule has 0 aromatic carbocycles. The third kappa shape index (κ3) is 3.51. The average Bonchev–Trinajstić information content (AvgIpc) is 1.65. The maximum absolute atomic E-state index is 10.1. The summed E-state index contributed by atoms with van der Waals surface area (Å²) in [6, 6.07) is 0. The van der Waals surface area contributed by atoms with Crippen molar-refractivity contribution in [2.75, 3.05) is 4.43 Å². The highest BCUT2D eigenvalue weighted by Gasteiger charge is 2.05. The normalized spacial score (nSPS) is 13.4. The van der Waals surface area contributed by atoms with Gasteiger partial charge in [-0.3, -0.25) is 4.79 Å². The molecule has 1 atom stereocenters. The summed E-state index contributed by atoms with van der Waals surface area (Å²) in [4.78, 5) is 10.1. The number of carbonyl (C=O) groups is 1. The second-order valence-corrected chi connectivity index (χ2v) is 3.41. The minimum absolute atomic E-state index is 0.00167. The van der Waals surface area contributed by atoms with Crippen LogP contribution in [0.15, 0.2) is 0 Å². The Kier molecular flexibility index (Phi) is 4.39. The zero-order valence-corrected chi connectivity index (χ0v) is 7.84. The number of hydrogen-bond donors (Lipinski definition) is 1. The fourth-order valence-corrected chi connectivity index (χ4v) is 0.510. The van der Waals surface area contributed by atoms with Gasteiger partial charge in [0.25, 0.3) is 0 Å². The molecular formula is C3H5I2NO. The molecule has 0 heterocycles. The molecule has 2 N–H and O–H groups in total. The van der Waals surface area contributed by atoms with Crippen molar-refractivity contribution in [2.45, 2.75) is 3.92 Å². The van der Waals surface area contributed by atoms with Crippen molar-refractivity contribution in [1.29, 1.82) is 0 Å². The van der Waals surface area contributed by atoms with E-state index in [0.29, 0.717) is 0 Å². The van der Waals surface area contributed by atoms with Crippen molar-refractivity contribution >= 4 is 51.1 Å². The molecule has 0 bridgehead atoms. The monoisotopic (exact) mass is 325 g/mol. The van der Waals surface area contributed by atoms with E-state index in [-0.39, 0.29) is 9.83 Å².